The lowest BCUT2D eigenvalue weighted by atomic mass is 10.2. The second-order valence-electron chi connectivity index (χ2n) is 4.73. The molecule has 0 atom stereocenters. The maximum Gasteiger partial charge on any atom is 0.335 e. The van der Waals surface area contributed by atoms with Crippen LogP contribution in [0.15, 0.2) is 33.9 Å². The third kappa shape index (κ3) is 5.27. The SMILES string of the molecule is CS(=O)(=O)c1nnc(CCNS(=O)(=O)Cc2ccccc2Cl)o1. The highest BCUT2D eigenvalue weighted by molar-refractivity contribution is 7.90. The van der Waals surface area contributed by atoms with Gasteiger partial charge in [-0.1, -0.05) is 34.9 Å². The third-order valence-corrected chi connectivity index (χ3v) is 5.23. The molecular formula is C12H14ClN3O5S2. The molecule has 0 radical (unpaired) electrons. The predicted octanol–water partition coefficient (Wildman–Crippen LogP) is 0.789. The van der Waals surface area contributed by atoms with Crippen LogP contribution in [0, 0.1) is 0 Å². The minimum absolute atomic E-state index is 0.00180. The number of nitrogens with one attached hydrogen (secondary N) is 1. The Bertz CT molecular complexity index is 893. The van der Waals surface area contributed by atoms with Crippen molar-refractivity contribution in [3.8, 4) is 0 Å². The number of benzene rings is 1. The van der Waals surface area contributed by atoms with Gasteiger partial charge >= 0.3 is 5.22 Å². The van der Waals surface area contributed by atoms with Crippen LogP contribution < -0.4 is 4.72 Å². The number of rotatable bonds is 7. The molecule has 0 saturated carbocycles. The molecular weight excluding hydrogens is 366 g/mol. The molecule has 1 N–H and O–H groups in total. The number of nitrogens with zero attached hydrogens (tertiary/aromatic N) is 2. The molecule has 0 unspecified atom stereocenters. The normalized spacial score (nSPS) is 12.4. The summed E-state index contributed by atoms with van der Waals surface area (Å²) >= 11 is 5.92. The largest absolute Gasteiger partial charge is 0.412 e. The Balaban J connectivity index is 1.93. The predicted molar refractivity (Wildman–Crippen MR) is 83.2 cm³/mol. The van der Waals surface area contributed by atoms with E-state index in [0.717, 1.165) is 6.26 Å². The van der Waals surface area contributed by atoms with Gasteiger partial charge in [0.2, 0.25) is 25.8 Å². The van der Waals surface area contributed by atoms with E-state index in [-0.39, 0.29) is 24.6 Å². The smallest absolute Gasteiger partial charge is 0.335 e. The van der Waals surface area contributed by atoms with Crippen LogP contribution in [0.25, 0.3) is 0 Å². The average Bonchev–Trinajstić information content (AvgIpc) is 2.90. The van der Waals surface area contributed by atoms with Crippen molar-refractivity contribution in [2.45, 2.75) is 17.4 Å². The van der Waals surface area contributed by atoms with E-state index < -0.39 is 25.1 Å². The van der Waals surface area contributed by atoms with Gasteiger partial charge in [-0.2, -0.15) is 0 Å². The molecule has 0 spiro atoms. The highest BCUT2D eigenvalue weighted by Gasteiger charge is 2.17. The Labute approximate surface area is 138 Å². The van der Waals surface area contributed by atoms with Crippen LogP contribution in [-0.4, -0.2) is 39.8 Å². The summed E-state index contributed by atoms with van der Waals surface area (Å²) in [7, 11) is -7.17. The zero-order valence-corrected chi connectivity index (χ0v) is 14.4. The van der Waals surface area contributed by atoms with Crippen LogP contribution in [0.1, 0.15) is 11.5 Å². The number of aromatic nitrogens is 2. The standard InChI is InChI=1S/C12H14ClN3O5S2/c1-22(17,18)12-16-15-11(21-12)6-7-14-23(19,20)8-9-4-2-3-5-10(9)13/h2-5,14H,6-8H2,1H3. The van der Waals surface area contributed by atoms with Gasteiger partial charge in [0.05, 0.1) is 5.75 Å². The fourth-order valence-electron chi connectivity index (χ4n) is 1.67. The van der Waals surface area contributed by atoms with E-state index >= 15 is 0 Å². The Kier molecular flexibility index (Phi) is 5.40. The number of hydrogen-bond donors (Lipinski definition) is 1. The zero-order valence-electron chi connectivity index (χ0n) is 12.1. The molecule has 0 saturated heterocycles. The lowest BCUT2D eigenvalue weighted by molar-refractivity contribution is 0.397. The molecule has 126 valence electrons. The minimum atomic E-state index is -3.59. The van der Waals surface area contributed by atoms with Crippen LogP contribution in [0.4, 0.5) is 0 Å². The topological polar surface area (TPSA) is 119 Å². The number of sulfone groups is 1. The van der Waals surface area contributed by atoms with Crippen LogP contribution in [-0.2, 0) is 32.0 Å². The molecule has 8 nitrogen and oxygen atoms in total. The van der Waals surface area contributed by atoms with Gasteiger partial charge in [0.25, 0.3) is 0 Å². The van der Waals surface area contributed by atoms with Crippen molar-refractivity contribution >= 4 is 31.5 Å². The number of halogens is 1. The molecule has 0 aliphatic heterocycles. The van der Waals surface area contributed by atoms with Gasteiger partial charge in [-0.3, -0.25) is 0 Å². The van der Waals surface area contributed by atoms with Gasteiger partial charge in [0, 0.05) is 24.2 Å². The molecule has 0 aliphatic rings. The fourth-order valence-corrected chi connectivity index (χ4v) is 3.57. The summed E-state index contributed by atoms with van der Waals surface area (Å²) in [6, 6.07) is 6.64. The summed E-state index contributed by atoms with van der Waals surface area (Å²) in [5.74, 6) is -0.226. The van der Waals surface area contributed by atoms with E-state index in [2.05, 4.69) is 14.9 Å². The van der Waals surface area contributed by atoms with Crippen molar-refractivity contribution in [3.63, 3.8) is 0 Å². The molecule has 0 amide bonds. The molecule has 0 aliphatic carbocycles. The first-order valence-corrected chi connectivity index (χ1v) is 10.3. The summed E-state index contributed by atoms with van der Waals surface area (Å²) < 4.78 is 53.6. The lowest BCUT2D eigenvalue weighted by Gasteiger charge is -2.07. The summed E-state index contributed by atoms with van der Waals surface area (Å²) in [6.45, 7) is -0.00180. The van der Waals surface area contributed by atoms with Gasteiger partial charge in [-0.15, -0.1) is 5.10 Å². The molecule has 23 heavy (non-hydrogen) atoms. The van der Waals surface area contributed by atoms with Gasteiger partial charge < -0.3 is 4.42 Å². The van der Waals surface area contributed by atoms with Gasteiger partial charge in [0.1, 0.15) is 0 Å². The van der Waals surface area contributed by atoms with Crippen molar-refractivity contribution in [1.82, 2.24) is 14.9 Å². The molecule has 2 aromatic rings. The highest BCUT2D eigenvalue weighted by Crippen LogP contribution is 2.17. The Morgan fingerprint density at radius 3 is 2.48 bits per heavy atom. The van der Waals surface area contributed by atoms with Crippen molar-refractivity contribution in [3.05, 3.63) is 40.7 Å². The first kappa shape index (κ1) is 17.9. The van der Waals surface area contributed by atoms with E-state index in [4.69, 9.17) is 16.0 Å². The second-order valence-corrected chi connectivity index (χ2v) is 8.84. The van der Waals surface area contributed by atoms with E-state index in [1.807, 2.05) is 0 Å². The van der Waals surface area contributed by atoms with Crippen molar-refractivity contribution < 1.29 is 21.3 Å². The van der Waals surface area contributed by atoms with Crippen molar-refractivity contribution in [2.24, 2.45) is 0 Å². The quantitative estimate of drug-likeness (QED) is 0.755. The minimum Gasteiger partial charge on any atom is -0.412 e. The van der Waals surface area contributed by atoms with Crippen LogP contribution in [0.5, 0.6) is 0 Å². The summed E-state index contributed by atoms with van der Waals surface area (Å²) in [6.07, 6.45) is 1.01. The van der Waals surface area contributed by atoms with E-state index in [1.54, 1.807) is 24.3 Å². The van der Waals surface area contributed by atoms with Gasteiger partial charge in [-0.25, -0.2) is 21.6 Å². The van der Waals surface area contributed by atoms with Crippen molar-refractivity contribution in [1.29, 1.82) is 0 Å². The maximum atomic E-state index is 12.0. The molecule has 11 heteroatoms. The third-order valence-electron chi connectivity index (χ3n) is 2.73. The molecule has 1 aromatic heterocycles. The first-order valence-electron chi connectivity index (χ1n) is 6.40. The molecule has 2 rings (SSSR count). The molecule has 0 bridgehead atoms. The molecule has 0 fully saturated rings. The zero-order chi connectivity index (χ0) is 17.1. The second kappa shape index (κ2) is 6.95. The summed E-state index contributed by atoms with van der Waals surface area (Å²) in [5.41, 5.74) is 0.485. The Morgan fingerprint density at radius 1 is 1.17 bits per heavy atom. The Morgan fingerprint density at radius 2 is 1.87 bits per heavy atom. The highest BCUT2D eigenvalue weighted by atomic mass is 35.5. The Hall–Kier alpha value is -1.49. The lowest BCUT2D eigenvalue weighted by Crippen LogP contribution is -2.27. The average molecular weight is 380 g/mol. The van der Waals surface area contributed by atoms with Gasteiger partial charge in [-0.05, 0) is 11.6 Å². The van der Waals surface area contributed by atoms with Gasteiger partial charge in [0.15, 0.2) is 0 Å². The monoisotopic (exact) mass is 379 g/mol. The van der Waals surface area contributed by atoms with E-state index in [9.17, 15) is 16.8 Å². The maximum absolute atomic E-state index is 12.0. The summed E-state index contributed by atoms with van der Waals surface area (Å²) in [4.78, 5) is 0. The van der Waals surface area contributed by atoms with Crippen LogP contribution in [0.2, 0.25) is 5.02 Å². The number of hydrogen-bond acceptors (Lipinski definition) is 7. The van der Waals surface area contributed by atoms with Crippen molar-refractivity contribution in [2.75, 3.05) is 12.8 Å². The van der Waals surface area contributed by atoms with E-state index in [0.29, 0.717) is 10.6 Å². The summed E-state index contributed by atoms with van der Waals surface area (Å²) in [5, 5.41) is 6.81. The number of sulfonamides is 1. The first-order chi connectivity index (χ1) is 10.7. The fraction of sp³-hybridized carbons (Fsp3) is 0.333. The van der Waals surface area contributed by atoms with Crippen LogP contribution >= 0.6 is 11.6 Å². The van der Waals surface area contributed by atoms with Crippen LogP contribution in [0.3, 0.4) is 0 Å². The molecule has 1 aromatic carbocycles. The van der Waals surface area contributed by atoms with E-state index in [1.165, 1.54) is 0 Å². The molecule has 1 heterocycles.